The second-order valence-electron chi connectivity index (χ2n) is 5.12. The third-order valence-corrected chi connectivity index (χ3v) is 3.86. The molecule has 0 unspecified atom stereocenters. The van der Waals surface area contributed by atoms with E-state index in [2.05, 4.69) is 13.8 Å². The van der Waals surface area contributed by atoms with Crippen molar-refractivity contribution in [2.24, 2.45) is 17.1 Å². The van der Waals surface area contributed by atoms with Crippen LogP contribution >= 0.6 is 0 Å². The van der Waals surface area contributed by atoms with Crippen molar-refractivity contribution < 1.29 is 4.39 Å². The van der Waals surface area contributed by atoms with Gasteiger partial charge in [0.05, 0.1) is 0 Å². The fourth-order valence-corrected chi connectivity index (χ4v) is 2.71. The van der Waals surface area contributed by atoms with Crippen LogP contribution in [0.15, 0.2) is 18.2 Å². The Morgan fingerprint density at radius 3 is 2.60 bits per heavy atom. The van der Waals surface area contributed by atoms with E-state index in [0.717, 1.165) is 11.1 Å². The van der Waals surface area contributed by atoms with Gasteiger partial charge in [0.15, 0.2) is 0 Å². The molecule has 2 rings (SSSR count). The van der Waals surface area contributed by atoms with Crippen molar-refractivity contribution in [2.75, 3.05) is 6.54 Å². The van der Waals surface area contributed by atoms with Crippen molar-refractivity contribution in [3.8, 4) is 0 Å². The molecule has 0 saturated heterocycles. The van der Waals surface area contributed by atoms with Crippen LogP contribution in [0.3, 0.4) is 0 Å². The molecule has 1 saturated carbocycles. The number of halogens is 1. The quantitative estimate of drug-likeness (QED) is 0.793. The van der Waals surface area contributed by atoms with Gasteiger partial charge in [0.25, 0.3) is 0 Å². The number of hydrogen-bond donors (Lipinski definition) is 1. The molecule has 1 aromatic rings. The van der Waals surface area contributed by atoms with Crippen LogP contribution < -0.4 is 5.73 Å². The van der Waals surface area contributed by atoms with Gasteiger partial charge < -0.3 is 5.73 Å². The van der Waals surface area contributed by atoms with Crippen molar-refractivity contribution >= 4 is 0 Å². The van der Waals surface area contributed by atoms with E-state index in [1.165, 1.54) is 0 Å². The van der Waals surface area contributed by atoms with E-state index in [1.54, 1.807) is 0 Å². The SMILES string of the molecule is Cc1cccc([C@H]2[C@H](CN)C2(C)C)c1F. The predicted octanol–water partition coefficient (Wildman–Crippen LogP) is 2.83. The van der Waals surface area contributed by atoms with E-state index in [4.69, 9.17) is 5.73 Å². The molecular weight excluding hydrogens is 189 g/mol. The van der Waals surface area contributed by atoms with Crippen LogP contribution in [0, 0.1) is 24.1 Å². The lowest BCUT2D eigenvalue weighted by Gasteiger charge is -2.06. The number of hydrogen-bond acceptors (Lipinski definition) is 1. The van der Waals surface area contributed by atoms with Gasteiger partial charge in [-0.25, -0.2) is 4.39 Å². The van der Waals surface area contributed by atoms with E-state index < -0.39 is 0 Å². The first-order chi connectivity index (χ1) is 7.00. The largest absolute Gasteiger partial charge is 0.330 e. The Kier molecular flexibility index (Phi) is 2.34. The second kappa shape index (κ2) is 3.31. The smallest absolute Gasteiger partial charge is 0.129 e. The Hall–Kier alpha value is -0.890. The zero-order valence-corrected chi connectivity index (χ0v) is 9.55. The van der Waals surface area contributed by atoms with Crippen molar-refractivity contribution in [1.29, 1.82) is 0 Å². The molecule has 0 spiro atoms. The first-order valence-electron chi connectivity index (χ1n) is 5.45. The number of aryl methyl sites for hydroxylation is 1. The normalized spacial score (nSPS) is 27.8. The summed E-state index contributed by atoms with van der Waals surface area (Å²) < 4.78 is 13.9. The molecular formula is C13H18FN. The monoisotopic (exact) mass is 207 g/mol. The van der Waals surface area contributed by atoms with Crippen molar-refractivity contribution in [3.05, 3.63) is 35.1 Å². The average Bonchev–Trinajstić information content (AvgIpc) is 2.73. The van der Waals surface area contributed by atoms with Gasteiger partial charge in [0.2, 0.25) is 0 Å². The summed E-state index contributed by atoms with van der Waals surface area (Å²) in [5, 5.41) is 0. The molecule has 1 aliphatic carbocycles. The molecule has 0 amide bonds. The van der Waals surface area contributed by atoms with Crippen LogP contribution in [0.5, 0.6) is 0 Å². The van der Waals surface area contributed by atoms with E-state index in [0.29, 0.717) is 18.4 Å². The van der Waals surface area contributed by atoms with Gasteiger partial charge in [-0.1, -0.05) is 32.0 Å². The lowest BCUT2D eigenvalue weighted by atomic mass is 10.0. The molecule has 1 aromatic carbocycles. The zero-order chi connectivity index (χ0) is 11.2. The van der Waals surface area contributed by atoms with Crippen molar-refractivity contribution in [3.63, 3.8) is 0 Å². The fourth-order valence-electron chi connectivity index (χ4n) is 2.71. The first-order valence-corrected chi connectivity index (χ1v) is 5.45. The van der Waals surface area contributed by atoms with Crippen LogP contribution in [0.4, 0.5) is 4.39 Å². The highest BCUT2D eigenvalue weighted by atomic mass is 19.1. The zero-order valence-electron chi connectivity index (χ0n) is 9.55. The molecule has 15 heavy (non-hydrogen) atoms. The Labute approximate surface area is 90.5 Å². The minimum absolute atomic E-state index is 0.0495. The molecule has 1 fully saturated rings. The Balaban J connectivity index is 2.37. The summed E-state index contributed by atoms with van der Waals surface area (Å²) in [5.74, 6) is 0.669. The molecule has 2 heteroatoms. The summed E-state index contributed by atoms with van der Waals surface area (Å²) in [6.45, 7) is 6.78. The lowest BCUT2D eigenvalue weighted by molar-refractivity contribution is 0.549. The molecule has 1 aliphatic rings. The summed E-state index contributed by atoms with van der Waals surface area (Å²) in [6.07, 6.45) is 0. The van der Waals surface area contributed by atoms with Crippen molar-refractivity contribution in [2.45, 2.75) is 26.7 Å². The van der Waals surface area contributed by atoms with E-state index >= 15 is 0 Å². The van der Waals surface area contributed by atoms with E-state index in [1.807, 2.05) is 25.1 Å². The topological polar surface area (TPSA) is 26.0 Å². The van der Waals surface area contributed by atoms with Gasteiger partial charge in [0, 0.05) is 0 Å². The summed E-state index contributed by atoms with van der Waals surface area (Å²) in [6, 6.07) is 5.63. The summed E-state index contributed by atoms with van der Waals surface area (Å²) in [4.78, 5) is 0. The maximum Gasteiger partial charge on any atom is 0.129 e. The summed E-state index contributed by atoms with van der Waals surface area (Å²) >= 11 is 0. The summed E-state index contributed by atoms with van der Waals surface area (Å²) in [7, 11) is 0. The summed E-state index contributed by atoms with van der Waals surface area (Å²) in [5.41, 5.74) is 7.43. The minimum atomic E-state index is -0.0495. The highest BCUT2D eigenvalue weighted by molar-refractivity contribution is 5.36. The molecule has 0 aromatic heterocycles. The standard InChI is InChI=1S/C13H18FN/c1-8-5-4-6-9(12(8)14)11-10(7-15)13(11,2)3/h4-6,10-11H,7,15H2,1-3H3/t10-,11-/m0/s1. The molecule has 1 nitrogen and oxygen atoms in total. The molecule has 0 radical (unpaired) electrons. The highest BCUT2D eigenvalue weighted by Crippen LogP contribution is 2.64. The first kappa shape index (κ1) is 10.6. The Bertz CT molecular complexity index is 384. The molecule has 2 atom stereocenters. The lowest BCUT2D eigenvalue weighted by Crippen LogP contribution is -2.05. The minimum Gasteiger partial charge on any atom is -0.330 e. The number of benzene rings is 1. The molecule has 0 bridgehead atoms. The Morgan fingerprint density at radius 1 is 1.40 bits per heavy atom. The van der Waals surface area contributed by atoms with Gasteiger partial charge in [-0.05, 0) is 41.8 Å². The molecule has 2 N–H and O–H groups in total. The van der Waals surface area contributed by atoms with Gasteiger partial charge in [-0.15, -0.1) is 0 Å². The Morgan fingerprint density at radius 2 is 2.07 bits per heavy atom. The van der Waals surface area contributed by atoms with Crippen LogP contribution in [-0.4, -0.2) is 6.54 Å². The maximum atomic E-state index is 13.9. The molecule has 0 heterocycles. The molecule has 82 valence electrons. The number of rotatable bonds is 2. The third kappa shape index (κ3) is 1.48. The van der Waals surface area contributed by atoms with Gasteiger partial charge in [-0.2, -0.15) is 0 Å². The van der Waals surface area contributed by atoms with Gasteiger partial charge >= 0.3 is 0 Å². The fraction of sp³-hybridized carbons (Fsp3) is 0.538. The van der Waals surface area contributed by atoms with Crippen LogP contribution in [-0.2, 0) is 0 Å². The molecule has 0 aliphatic heterocycles. The van der Waals surface area contributed by atoms with Gasteiger partial charge in [0.1, 0.15) is 5.82 Å². The van der Waals surface area contributed by atoms with Crippen molar-refractivity contribution in [1.82, 2.24) is 0 Å². The average molecular weight is 207 g/mol. The third-order valence-electron chi connectivity index (χ3n) is 3.86. The number of nitrogens with two attached hydrogens (primary N) is 1. The van der Waals surface area contributed by atoms with E-state index in [-0.39, 0.29) is 11.2 Å². The van der Waals surface area contributed by atoms with Crippen LogP contribution in [0.2, 0.25) is 0 Å². The van der Waals surface area contributed by atoms with E-state index in [9.17, 15) is 4.39 Å². The van der Waals surface area contributed by atoms with Crippen LogP contribution in [0.25, 0.3) is 0 Å². The predicted molar refractivity (Wildman–Crippen MR) is 60.2 cm³/mol. The van der Waals surface area contributed by atoms with Gasteiger partial charge in [-0.3, -0.25) is 0 Å². The highest BCUT2D eigenvalue weighted by Gasteiger charge is 2.57. The van der Waals surface area contributed by atoms with Crippen LogP contribution in [0.1, 0.15) is 30.9 Å². The maximum absolute atomic E-state index is 13.9. The second-order valence-corrected chi connectivity index (χ2v) is 5.12.